The fourth-order valence-corrected chi connectivity index (χ4v) is 8.18. The number of nitrogens with two attached hydrogens (primary N) is 1. The summed E-state index contributed by atoms with van der Waals surface area (Å²) >= 11 is 0. The van der Waals surface area contributed by atoms with E-state index in [-0.39, 0.29) is 17.9 Å². The van der Waals surface area contributed by atoms with Gasteiger partial charge in [-0.15, -0.1) is 0 Å². The van der Waals surface area contributed by atoms with Crippen molar-refractivity contribution in [1.29, 1.82) is 0 Å². The number of aliphatic imine (C=N–C) groups is 1. The number of fused-ring (bicyclic) bond motifs is 5. The lowest BCUT2D eigenvalue weighted by atomic mass is 9.83. The summed E-state index contributed by atoms with van der Waals surface area (Å²) in [6, 6.07) is 21.5. The lowest BCUT2D eigenvalue weighted by Crippen LogP contribution is -2.21. The Labute approximate surface area is 269 Å². The van der Waals surface area contributed by atoms with Crippen LogP contribution in [0.5, 0.6) is 0 Å². The number of benzene rings is 3. The second kappa shape index (κ2) is 12.0. The first-order valence-electron chi connectivity index (χ1n) is 16.8. The monoisotopic (exact) mass is 612 g/mol. The summed E-state index contributed by atoms with van der Waals surface area (Å²) in [5.74, 6) is 1.47. The predicted octanol–water partition coefficient (Wildman–Crippen LogP) is 8.49. The molecule has 46 heavy (non-hydrogen) atoms. The molecule has 1 saturated carbocycles. The van der Waals surface area contributed by atoms with Gasteiger partial charge in [0, 0.05) is 28.2 Å². The van der Waals surface area contributed by atoms with Gasteiger partial charge in [0.1, 0.15) is 11.6 Å². The van der Waals surface area contributed by atoms with Crippen LogP contribution in [0.4, 0.5) is 4.39 Å². The summed E-state index contributed by atoms with van der Waals surface area (Å²) in [6.45, 7) is 4.55. The van der Waals surface area contributed by atoms with Crippen molar-refractivity contribution < 1.29 is 4.39 Å². The van der Waals surface area contributed by atoms with Gasteiger partial charge in [0.2, 0.25) is 0 Å². The Morgan fingerprint density at radius 2 is 1.93 bits per heavy atom. The zero-order valence-corrected chi connectivity index (χ0v) is 26.2. The molecular formula is C39H41FN6. The second-order valence-electron chi connectivity index (χ2n) is 13.4. The first-order chi connectivity index (χ1) is 22.6. The van der Waals surface area contributed by atoms with E-state index in [0.717, 1.165) is 76.5 Å². The van der Waals surface area contributed by atoms with Crippen LogP contribution in [0.15, 0.2) is 78.1 Å². The molecule has 0 spiro atoms. The van der Waals surface area contributed by atoms with E-state index in [9.17, 15) is 0 Å². The minimum absolute atomic E-state index is 0.0227. The van der Waals surface area contributed by atoms with Gasteiger partial charge >= 0.3 is 0 Å². The smallest absolute Gasteiger partial charge is 0.133 e. The fraction of sp³-hybridized carbons (Fsp3) is 0.333. The molecule has 0 radical (unpaired) electrons. The summed E-state index contributed by atoms with van der Waals surface area (Å²) < 4.78 is 18.7. The molecule has 1 aliphatic carbocycles. The third-order valence-corrected chi connectivity index (χ3v) is 10.4. The maximum atomic E-state index is 16.4. The Hall–Kier alpha value is -4.49. The maximum Gasteiger partial charge on any atom is 0.133 e. The zero-order chi connectivity index (χ0) is 31.2. The number of hydrogen-bond donors (Lipinski definition) is 3. The normalized spacial score (nSPS) is 20.2. The summed E-state index contributed by atoms with van der Waals surface area (Å²) in [4.78, 5) is 12.0. The minimum Gasteiger partial charge on any atom is -0.397 e. The van der Waals surface area contributed by atoms with Crippen molar-refractivity contribution in [3.05, 3.63) is 107 Å². The van der Waals surface area contributed by atoms with Crippen molar-refractivity contribution >= 4 is 23.3 Å². The Balaban J connectivity index is 1.24. The standard InChI is InChI=1S/C39H41FN6/c1-42-22-32(41)26-12-13-35-29(17-26)20-37-38-30(18-28(19-31(38)40)34-23-44-39(45-34)33-11-6-14-43-33)21-36(46(35)37)27-10-5-9-25(16-27)15-24-7-3-2-4-8-24/h5,9-10,12-13,16-20,22-24,33,36,43H,1-4,6-8,11,14-15,21,41H2,(H,44,45)/b32-22-. The molecule has 234 valence electrons. The molecule has 8 rings (SSSR count). The summed E-state index contributed by atoms with van der Waals surface area (Å²) in [7, 11) is 0. The van der Waals surface area contributed by atoms with Gasteiger partial charge < -0.3 is 20.6 Å². The number of aromatic nitrogens is 3. The van der Waals surface area contributed by atoms with Gasteiger partial charge in [-0.3, -0.25) is 4.99 Å². The highest BCUT2D eigenvalue weighted by Gasteiger charge is 2.31. The first kappa shape index (κ1) is 28.9. The zero-order valence-electron chi connectivity index (χ0n) is 26.2. The summed E-state index contributed by atoms with van der Waals surface area (Å²) in [5, 5.41) is 4.53. The third kappa shape index (κ3) is 5.26. The van der Waals surface area contributed by atoms with E-state index in [1.54, 1.807) is 12.3 Å². The molecule has 2 atom stereocenters. The number of rotatable bonds is 7. The topological polar surface area (TPSA) is 84.0 Å². The van der Waals surface area contributed by atoms with Gasteiger partial charge in [0.25, 0.3) is 0 Å². The van der Waals surface area contributed by atoms with E-state index >= 15 is 4.39 Å². The number of imidazole rings is 1. The van der Waals surface area contributed by atoms with Crippen LogP contribution < -0.4 is 11.1 Å². The quantitative estimate of drug-likeness (QED) is 0.161. The Morgan fingerprint density at radius 3 is 2.76 bits per heavy atom. The predicted molar refractivity (Wildman–Crippen MR) is 185 cm³/mol. The third-order valence-electron chi connectivity index (χ3n) is 10.4. The van der Waals surface area contributed by atoms with Gasteiger partial charge in [0.05, 0.1) is 35.4 Å². The van der Waals surface area contributed by atoms with Gasteiger partial charge in [-0.2, -0.15) is 0 Å². The van der Waals surface area contributed by atoms with E-state index in [2.05, 4.69) is 80.1 Å². The molecule has 1 saturated heterocycles. The lowest BCUT2D eigenvalue weighted by Gasteiger charge is -2.31. The molecule has 2 unspecified atom stereocenters. The van der Waals surface area contributed by atoms with Crippen LogP contribution >= 0.6 is 0 Å². The van der Waals surface area contributed by atoms with Crippen LogP contribution in [0.1, 0.15) is 85.1 Å². The van der Waals surface area contributed by atoms with E-state index in [4.69, 9.17) is 5.73 Å². The van der Waals surface area contributed by atoms with E-state index in [1.807, 2.05) is 12.3 Å². The molecule has 2 fully saturated rings. The SMILES string of the molecule is C=N/C=C(\N)c1ccc2c(c1)cc1n2C(c2cccc(CC3CCCCC3)c2)Cc2cc(-c3cnc(C4CCCN4)[nH]3)cc(F)c2-1. The highest BCUT2D eigenvalue weighted by molar-refractivity contribution is 5.91. The minimum atomic E-state index is -0.216. The van der Waals surface area contributed by atoms with E-state index < -0.39 is 0 Å². The average Bonchev–Trinajstić information content (AvgIpc) is 3.85. The van der Waals surface area contributed by atoms with Gasteiger partial charge in [-0.25, -0.2) is 9.37 Å². The van der Waals surface area contributed by atoms with Gasteiger partial charge in [-0.05, 0) is 97.4 Å². The molecule has 6 nitrogen and oxygen atoms in total. The molecular weight excluding hydrogens is 571 g/mol. The van der Waals surface area contributed by atoms with Crippen molar-refractivity contribution in [2.75, 3.05) is 6.54 Å². The second-order valence-corrected chi connectivity index (χ2v) is 13.4. The Kier molecular flexibility index (Phi) is 7.57. The van der Waals surface area contributed by atoms with Crippen molar-refractivity contribution in [3.63, 3.8) is 0 Å². The van der Waals surface area contributed by atoms with Crippen LogP contribution in [0, 0.1) is 11.7 Å². The molecule has 2 aliphatic heterocycles. The van der Waals surface area contributed by atoms with Crippen LogP contribution in [-0.4, -0.2) is 27.8 Å². The highest BCUT2D eigenvalue weighted by atomic mass is 19.1. The molecule has 3 aromatic carbocycles. The highest BCUT2D eigenvalue weighted by Crippen LogP contribution is 2.45. The molecule has 2 aromatic heterocycles. The molecule has 5 aromatic rings. The molecule has 3 aliphatic rings. The van der Waals surface area contributed by atoms with Crippen LogP contribution in [0.3, 0.4) is 0 Å². The Bertz CT molecular complexity index is 1950. The number of aromatic amines is 1. The molecule has 7 heteroatoms. The molecule has 0 bridgehead atoms. The maximum absolute atomic E-state index is 16.4. The van der Waals surface area contributed by atoms with Gasteiger partial charge in [0.15, 0.2) is 0 Å². The lowest BCUT2D eigenvalue weighted by molar-refractivity contribution is 0.356. The number of nitrogens with one attached hydrogen (secondary N) is 2. The summed E-state index contributed by atoms with van der Waals surface area (Å²) in [5.41, 5.74) is 15.7. The summed E-state index contributed by atoms with van der Waals surface area (Å²) in [6.07, 6.45) is 14.1. The molecule has 4 N–H and O–H groups in total. The average molecular weight is 613 g/mol. The van der Waals surface area contributed by atoms with Crippen molar-refractivity contribution in [2.45, 2.75) is 69.9 Å². The van der Waals surface area contributed by atoms with Crippen LogP contribution in [0.25, 0.3) is 39.1 Å². The van der Waals surface area contributed by atoms with Crippen molar-refractivity contribution in [2.24, 2.45) is 16.6 Å². The van der Waals surface area contributed by atoms with E-state index in [1.165, 1.54) is 43.2 Å². The van der Waals surface area contributed by atoms with Crippen LogP contribution in [0.2, 0.25) is 0 Å². The number of halogens is 1. The van der Waals surface area contributed by atoms with Crippen LogP contribution in [-0.2, 0) is 12.8 Å². The molecule has 0 amide bonds. The Morgan fingerprint density at radius 1 is 1.04 bits per heavy atom. The molecule has 4 heterocycles. The first-order valence-corrected chi connectivity index (χ1v) is 16.8. The largest absolute Gasteiger partial charge is 0.397 e. The number of nitrogens with zero attached hydrogens (tertiary/aromatic N) is 3. The number of H-pyrrole nitrogens is 1. The van der Waals surface area contributed by atoms with Crippen molar-refractivity contribution in [1.82, 2.24) is 19.9 Å². The van der Waals surface area contributed by atoms with Gasteiger partial charge in [-0.1, -0.05) is 62.4 Å². The fourth-order valence-electron chi connectivity index (χ4n) is 8.18. The van der Waals surface area contributed by atoms with Crippen molar-refractivity contribution in [3.8, 4) is 22.5 Å². The number of hydrogen-bond acceptors (Lipinski definition) is 4. The van der Waals surface area contributed by atoms with E-state index in [0.29, 0.717) is 17.7 Å².